The molecule has 0 amide bonds. The Kier molecular flexibility index (Phi) is 2.87. The number of nitrogens with zero attached hydrogens (tertiary/aromatic N) is 2. The van der Waals surface area contributed by atoms with Gasteiger partial charge >= 0.3 is 0 Å². The van der Waals surface area contributed by atoms with Crippen LogP contribution in [0.15, 0.2) is 12.4 Å². The third-order valence-electron chi connectivity index (χ3n) is 1.75. The van der Waals surface area contributed by atoms with Crippen molar-refractivity contribution in [3.8, 4) is 0 Å². The fourth-order valence-corrected chi connectivity index (χ4v) is 1.29. The van der Waals surface area contributed by atoms with E-state index in [0.29, 0.717) is 5.92 Å². The van der Waals surface area contributed by atoms with Gasteiger partial charge in [-0.3, -0.25) is 0 Å². The minimum absolute atomic E-state index is 0.191. The van der Waals surface area contributed by atoms with E-state index in [0.717, 1.165) is 12.4 Å². The summed E-state index contributed by atoms with van der Waals surface area (Å²) in [6.45, 7) is 7.14. The minimum atomic E-state index is 0.191. The van der Waals surface area contributed by atoms with E-state index in [2.05, 4.69) is 23.4 Å². The number of hydrogen-bond acceptors (Lipinski definition) is 2. The van der Waals surface area contributed by atoms with Crippen molar-refractivity contribution in [3.63, 3.8) is 0 Å². The van der Waals surface area contributed by atoms with Crippen LogP contribution in [0.4, 0.5) is 0 Å². The molecule has 0 aliphatic rings. The lowest BCUT2D eigenvalue weighted by atomic mass is 10.2. The summed E-state index contributed by atoms with van der Waals surface area (Å²) in [6, 6.07) is 0.191. The number of nitrogens with two attached hydrogens (primary N) is 1. The first-order valence-corrected chi connectivity index (χ1v) is 4.38. The molecule has 12 heavy (non-hydrogen) atoms. The number of imidazole rings is 1. The Morgan fingerprint density at radius 3 is 2.67 bits per heavy atom. The number of rotatable bonds is 3. The number of aromatic nitrogens is 2. The fourth-order valence-electron chi connectivity index (χ4n) is 1.29. The Balaban J connectivity index is 2.77. The molecule has 0 radical (unpaired) electrons. The molecule has 3 nitrogen and oxygen atoms in total. The zero-order valence-electron chi connectivity index (χ0n) is 7.99. The average molecular weight is 167 g/mol. The quantitative estimate of drug-likeness (QED) is 0.738. The highest BCUT2D eigenvalue weighted by Crippen LogP contribution is 2.11. The molecule has 0 saturated heterocycles. The molecule has 0 unspecified atom stereocenters. The SMILES string of the molecule is CC(C)c1nccn1C[C@H](C)N. The predicted molar refractivity (Wildman–Crippen MR) is 50.0 cm³/mol. The highest BCUT2D eigenvalue weighted by Gasteiger charge is 2.07. The molecular formula is C9H17N3. The molecular weight excluding hydrogens is 150 g/mol. The van der Waals surface area contributed by atoms with Crippen LogP contribution < -0.4 is 5.73 Å². The molecule has 1 heterocycles. The van der Waals surface area contributed by atoms with Gasteiger partial charge in [-0.05, 0) is 6.92 Å². The summed E-state index contributed by atoms with van der Waals surface area (Å²) in [5.41, 5.74) is 5.70. The zero-order valence-corrected chi connectivity index (χ0v) is 7.99. The first-order chi connectivity index (χ1) is 5.61. The molecule has 0 aliphatic carbocycles. The van der Waals surface area contributed by atoms with Gasteiger partial charge in [0.2, 0.25) is 0 Å². The summed E-state index contributed by atoms with van der Waals surface area (Å²) in [4.78, 5) is 4.28. The molecule has 1 atom stereocenters. The van der Waals surface area contributed by atoms with Crippen LogP contribution in [0.5, 0.6) is 0 Å². The predicted octanol–water partition coefficient (Wildman–Crippen LogP) is 1.35. The van der Waals surface area contributed by atoms with Gasteiger partial charge in [0.25, 0.3) is 0 Å². The standard InChI is InChI=1S/C9H17N3/c1-7(2)9-11-4-5-12(9)6-8(3)10/h4-5,7-8H,6,10H2,1-3H3/t8-/m0/s1. The molecule has 0 aromatic carbocycles. The second kappa shape index (κ2) is 3.72. The molecule has 0 bridgehead atoms. The van der Waals surface area contributed by atoms with Gasteiger partial charge in [-0.2, -0.15) is 0 Å². The van der Waals surface area contributed by atoms with Gasteiger partial charge in [0.1, 0.15) is 5.82 Å². The number of hydrogen-bond donors (Lipinski definition) is 1. The van der Waals surface area contributed by atoms with Crippen LogP contribution in [0.25, 0.3) is 0 Å². The summed E-state index contributed by atoms with van der Waals surface area (Å²) in [7, 11) is 0. The Morgan fingerprint density at radius 2 is 2.17 bits per heavy atom. The first kappa shape index (κ1) is 9.26. The highest BCUT2D eigenvalue weighted by molar-refractivity contribution is 4.97. The van der Waals surface area contributed by atoms with Crippen LogP contribution in [0, 0.1) is 0 Å². The molecule has 1 aromatic rings. The lowest BCUT2D eigenvalue weighted by Gasteiger charge is -2.11. The zero-order chi connectivity index (χ0) is 9.14. The van der Waals surface area contributed by atoms with Crippen LogP contribution in [0.3, 0.4) is 0 Å². The molecule has 68 valence electrons. The topological polar surface area (TPSA) is 43.8 Å². The Bertz CT molecular complexity index is 238. The van der Waals surface area contributed by atoms with Gasteiger partial charge in [-0.1, -0.05) is 13.8 Å². The Morgan fingerprint density at radius 1 is 1.50 bits per heavy atom. The van der Waals surface area contributed by atoms with Crippen molar-refractivity contribution in [2.45, 2.75) is 39.3 Å². The summed E-state index contributed by atoms with van der Waals surface area (Å²) < 4.78 is 2.12. The maximum Gasteiger partial charge on any atom is 0.111 e. The summed E-state index contributed by atoms with van der Waals surface area (Å²) in [5.74, 6) is 1.59. The van der Waals surface area contributed by atoms with Crippen molar-refractivity contribution in [1.29, 1.82) is 0 Å². The van der Waals surface area contributed by atoms with E-state index in [9.17, 15) is 0 Å². The first-order valence-electron chi connectivity index (χ1n) is 4.38. The van der Waals surface area contributed by atoms with Crippen molar-refractivity contribution >= 4 is 0 Å². The van der Waals surface area contributed by atoms with Gasteiger partial charge in [0.05, 0.1) is 0 Å². The van der Waals surface area contributed by atoms with Gasteiger partial charge in [0, 0.05) is 30.9 Å². The largest absolute Gasteiger partial charge is 0.333 e. The van der Waals surface area contributed by atoms with Crippen molar-refractivity contribution in [1.82, 2.24) is 9.55 Å². The lowest BCUT2D eigenvalue weighted by Crippen LogP contribution is -2.23. The molecule has 3 heteroatoms. The van der Waals surface area contributed by atoms with Crippen LogP contribution in [-0.4, -0.2) is 15.6 Å². The molecule has 0 saturated carbocycles. The van der Waals surface area contributed by atoms with E-state index in [1.54, 1.807) is 0 Å². The van der Waals surface area contributed by atoms with Gasteiger partial charge in [-0.15, -0.1) is 0 Å². The summed E-state index contributed by atoms with van der Waals surface area (Å²) in [5, 5.41) is 0. The molecule has 0 aliphatic heterocycles. The van der Waals surface area contributed by atoms with E-state index < -0.39 is 0 Å². The second-order valence-electron chi connectivity index (χ2n) is 3.57. The molecule has 0 fully saturated rings. The highest BCUT2D eigenvalue weighted by atomic mass is 15.1. The van der Waals surface area contributed by atoms with E-state index in [-0.39, 0.29) is 6.04 Å². The van der Waals surface area contributed by atoms with Crippen molar-refractivity contribution in [3.05, 3.63) is 18.2 Å². The monoisotopic (exact) mass is 167 g/mol. The summed E-state index contributed by atoms with van der Waals surface area (Å²) in [6.07, 6.45) is 3.82. The van der Waals surface area contributed by atoms with E-state index in [4.69, 9.17) is 5.73 Å². The third kappa shape index (κ3) is 2.08. The van der Waals surface area contributed by atoms with Crippen LogP contribution in [0.1, 0.15) is 32.5 Å². The van der Waals surface area contributed by atoms with Gasteiger partial charge in [0.15, 0.2) is 0 Å². The van der Waals surface area contributed by atoms with Crippen LogP contribution >= 0.6 is 0 Å². The molecule has 2 N–H and O–H groups in total. The maximum absolute atomic E-state index is 5.70. The summed E-state index contributed by atoms with van der Waals surface area (Å²) >= 11 is 0. The average Bonchev–Trinajstić information content (AvgIpc) is 2.33. The molecule has 1 aromatic heterocycles. The van der Waals surface area contributed by atoms with Gasteiger partial charge in [-0.25, -0.2) is 4.98 Å². The maximum atomic E-state index is 5.70. The molecule has 0 spiro atoms. The van der Waals surface area contributed by atoms with Crippen molar-refractivity contribution in [2.24, 2.45) is 5.73 Å². The van der Waals surface area contributed by atoms with Crippen molar-refractivity contribution in [2.75, 3.05) is 0 Å². The molecule has 1 rings (SSSR count). The fraction of sp³-hybridized carbons (Fsp3) is 0.667. The van der Waals surface area contributed by atoms with Crippen LogP contribution in [0.2, 0.25) is 0 Å². The van der Waals surface area contributed by atoms with Crippen molar-refractivity contribution < 1.29 is 0 Å². The second-order valence-corrected chi connectivity index (χ2v) is 3.57. The third-order valence-corrected chi connectivity index (χ3v) is 1.75. The Labute approximate surface area is 73.6 Å². The normalized spacial score (nSPS) is 13.8. The van der Waals surface area contributed by atoms with Crippen LogP contribution in [-0.2, 0) is 6.54 Å². The van der Waals surface area contributed by atoms with Gasteiger partial charge < -0.3 is 10.3 Å². The Hall–Kier alpha value is -0.830. The van der Waals surface area contributed by atoms with E-state index in [1.807, 2.05) is 19.3 Å². The minimum Gasteiger partial charge on any atom is -0.333 e. The smallest absolute Gasteiger partial charge is 0.111 e. The lowest BCUT2D eigenvalue weighted by molar-refractivity contribution is 0.552. The van der Waals surface area contributed by atoms with E-state index in [1.165, 1.54) is 0 Å². The van der Waals surface area contributed by atoms with E-state index >= 15 is 0 Å².